The molecule has 32 heavy (non-hydrogen) atoms. The van der Waals surface area contributed by atoms with Gasteiger partial charge in [-0.1, -0.05) is 19.8 Å². The zero-order chi connectivity index (χ0) is 22.7. The highest BCUT2D eigenvalue weighted by Crippen LogP contribution is 2.37. The number of halogens is 1. The number of aryl methyl sites for hydroxylation is 2. The van der Waals surface area contributed by atoms with Crippen molar-refractivity contribution < 1.29 is 18.7 Å². The Bertz CT molecular complexity index is 1030. The predicted octanol–water partition coefficient (Wildman–Crippen LogP) is 4.04. The number of carbonyl (C=O) groups is 1. The van der Waals surface area contributed by atoms with Crippen molar-refractivity contribution in [2.24, 2.45) is 12.0 Å². The molecule has 2 heterocycles. The highest BCUT2D eigenvalue weighted by molar-refractivity contribution is 5.96. The summed E-state index contributed by atoms with van der Waals surface area (Å²) in [5.74, 6) is -0.218. The Morgan fingerprint density at radius 1 is 1.31 bits per heavy atom. The molecule has 2 aromatic rings. The number of esters is 1. The molecule has 0 saturated carbocycles. The van der Waals surface area contributed by atoms with E-state index in [2.05, 4.69) is 22.2 Å². The lowest BCUT2D eigenvalue weighted by molar-refractivity contribution is -0.162. The van der Waals surface area contributed by atoms with Gasteiger partial charge in [0, 0.05) is 25.1 Å². The number of benzene rings is 1. The van der Waals surface area contributed by atoms with E-state index in [9.17, 15) is 9.18 Å². The van der Waals surface area contributed by atoms with Gasteiger partial charge in [0.25, 0.3) is 11.6 Å². The first-order valence-corrected chi connectivity index (χ1v) is 11.5. The number of imidazole rings is 1. The first-order valence-electron chi connectivity index (χ1n) is 11.5. The van der Waals surface area contributed by atoms with Gasteiger partial charge in [-0.15, -0.1) is 0 Å². The van der Waals surface area contributed by atoms with Gasteiger partial charge in [-0.3, -0.25) is 0 Å². The van der Waals surface area contributed by atoms with E-state index < -0.39 is 11.6 Å². The van der Waals surface area contributed by atoms with Crippen LogP contribution in [0, 0.1) is 5.82 Å². The fourth-order valence-corrected chi connectivity index (χ4v) is 4.61. The summed E-state index contributed by atoms with van der Waals surface area (Å²) in [5, 5.41) is 3.31. The molecule has 1 N–H and O–H groups in total. The summed E-state index contributed by atoms with van der Waals surface area (Å²) in [6, 6.07) is 1.88. The van der Waals surface area contributed by atoms with E-state index in [4.69, 9.17) is 9.47 Å². The summed E-state index contributed by atoms with van der Waals surface area (Å²) in [6.07, 6.45) is 9.77. The van der Waals surface area contributed by atoms with E-state index in [1.165, 1.54) is 0 Å². The molecule has 1 aromatic carbocycles. The number of aliphatic imine (C=N–C) groups is 1. The lowest BCUT2D eigenvalue weighted by Gasteiger charge is -2.26. The molecule has 1 atom stereocenters. The van der Waals surface area contributed by atoms with Crippen LogP contribution in [0.2, 0.25) is 0 Å². The van der Waals surface area contributed by atoms with Gasteiger partial charge in [-0.25, -0.2) is 19.2 Å². The Labute approximate surface area is 188 Å². The van der Waals surface area contributed by atoms with Crippen LogP contribution < -0.4 is 5.32 Å². The minimum Gasteiger partial charge on any atom is -0.463 e. The van der Waals surface area contributed by atoms with E-state index in [1.807, 2.05) is 0 Å². The van der Waals surface area contributed by atoms with E-state index in [0.717, 1.165) is 67.3 Å². The standard InChI is InChI=1S/C24H31FN4O3/c1-4-6-7-9-16-14-19(25)17-10-8-11-18(17)20(16)28-23-27-15-24(32-23,22(30)31-5-2)21-26-12-13-29(21)3/h12-14H,4-11,15H2,1-3H3,(H,27,28). The normalized spacial score (nSPS) is 19.4. The van der Waals surface area contributed by atoms with Crippen LogP contribution >= 0.6 is 0 Å². The number of carbonyl (C=O) groups excluding carboxylic acids is 1. The Balaban J connectivity index is 1.64. The zero-order valence-corrected chi connectivity index (χ0v) is 19.0. The number of nitrogens with zero attached hydrogens (tertiary/aromatic N) is 3. The van der Waals surface area contributed by atoms with Crippen molar-refractivity contribution in [3.63, 3.8) is 0 Å². The van der Waals surface area contributed by atoms with Crippen molar-refractivity contribution >= 4 is 17.7 Å². The highest BCUT2D eigenvalue weighted by Gasteiger charge is 2.52. The summed E-state index contributed by atoms with van der Waals surface area (Å²) in [5.41, 5.74) is 2.11. The van der Waals surface area contributed by atoms with Gasteiger partial charge in [-0.05, 0) is 61.8 Å². The second-order valence-electron chi connectivity index (χ2n) is 8.42. The third-order valence-corrected chi connectivity index (χ3v) is 6.22. The van der Waals surface area contributed by atoms with E-state index in [1.54, 1.807) is 37.0 Å². The number of fused-ring (bicyclic) bond motifs is 1. The van der Waals surface area contributed by atoms with Crippen molar-refractivity contribution in [3.8, 4) is 0 Å². The van der Waals surface area contributed by atoms with Crippen molar-refractivity contribution in [2.75, 3.05) is 18.5 Å². The van der Waals surface area contributed by atoms with Crippen LogP contribution in [0.4, 0.5) is 10.1 Å². The van der Waals surface area contributed by atoms with Gasteiger partial charge in [0.15, 0.2) is 5.82 Å². The largest absolute Gasteiger partial charge is 0.463 e. The summed E-state index contributed by atoms with van der Waals surface area (Å²) in [7, 11) is 1.80. The molecule has 7 nitrogen and oxygen atoms in total. The van der Waals surface area contributed by atoms with Crippen LogP contribution in [-0.4, -0.2) is 34.7 Å². The number of rotatable bonds is 8. The van der Waals surface area contributed by atoms with Crippen LogP contribution in [-0.2, 0) is 46.2 Å². The number of hydrogen-bond donors (Lipinski definition) is 1. The second-order valence-corrected chi connectivity index (χ2v) is 8.42. The van der Waals surface area contributed by atoms with E-state index in [-0.39, 0.29) is 25.0 Å². The van der Waals surface area contributed by atoms with Crippen LogP contribution in [0.25, 0.3) is 0 Å². The molecule has 4 rings (SSSR count). The Morgan fingerprint density at radius 2 is 2.12 bits per heavy atom. The highest BCUT2D eigenvalue weighted by atomic mass is 19.1. The van der Waals surface area contributed by atoms with Gasteiger partial charge in [0.05, 0.1) is 6.61 Å². The molecule has 172 valence electrons. The maximum Gasteiger partial charge on any atom is 0.360 e. The van der Waals surface area contributed by atoms with Gasteiger partial charge < -0.3 is 19.4 Å². The lowest BCUT2D eigenvalue weighted by atomic mass is 9.98. The molecule has 1 unspecified atom stereocenters. The Hall–Kier alpha value is -2.90. The van der Waals surface area contributed by atoms with Gasteiger partial charge in [0.1, 0.15) is 12.4 Å². The smallest absolute Gasteiger partial charge is 0.360 e. The lowest BCUT2D eigenvalue weighted by Crippen LogP contribution is -2.43. The average molecular weight is 443 g/mol. The number of hydrogen-bond acceptors (Lipinski definition) is 6. The van der Waals surface area contributed by atoms with E-state index in [0.29, 0.717) is 5.82 Å². The number of ether oxygens (including phenoxy) is 2. The van der Waals surface area contributed by atoms with Crippen LogP contribution in [0.3, 0.4) is 0 Å². The maximum absolute atomic E-state index is 14.7. The Morgan fingerprint density at radius 3 is 2.84 bits per heavy atom. The molecule has 0 saturated heterocycles. The second kappa shape index (κ2) is 9.30. The molecule has 2 aliphatic rings. The molecule has 0 fully saturated rings. The molecule has 0 bridgehead atoms. The predicted molar refractivity (Wildman–Crippen MR) is 120 cm³/mol. The molecule has 0 amide bonds. The monoisotopic (exact) mass is 442 g/mol. The van der Waals surface area contributed by atoms with Gasteiger partial charge in [-0.2, -0.15) is 0 Å². The number of nitrogens with one attached hydrogen (secondary N) is 1. The Kier molecular flexibility index (Phi) is 6.48. The maximum atomic E-state index is 14.7. The molecule has 1 aliphatic heterocycles. The molecule has 1 aliphatic carbocycles. The quantitative estimate of drug-likeness (QED) is 0.493. The fraction of sp³-hybridized carbons (Fsp3) is 0.542. The summed E-state index contributed by atoms with van der Waals surface area (Å²) < 4.78 is 27.9. The fourth-order valence-electron chi connectivity index (χ4n) is 4.61. The van der Waals surface area contributed by atoms with Gasteiger partial charge in [0.2, 0.25) is 0 Å². The zero-order valence-electron chi connectivity index (χ0n) is 19.0. The van der Waals surface area contributed by atoms with Crippen molar-refractivity contribution in [1.29, 1.82) is 0 Å². The average Bonchev–Trinajstić information content (AvgIpc) is 3.51. The van der Waals surface area contributed by atoms with Crippen molar-refractivity contribution in [3.05, 3.63) is 46.8 Å². The summed E-state index contributed by atoms with van der Waals surface area (Å²) in [4.78, 5) is 21.8. The molecule has 0 spiro atoms. The minimum atomic E-state index is -1.44. The summed E-state index contributed by atoms with van der Waals surface area (Å²) >= 11 is 0. The molecule has 8 heteroatoms. The molecular weight excluding hydrogens is 411 g/mol. The number of unbranched alkanes of at least 4 members (excludes halogenated alkanes) is 2. The first-order chi connectivity index (χ1) is 15.5. The molecule has 0 radical (unpaired) electrons. The molecule has 1 aromatic heterocycles. The van der Waals surface area contributed by atoms with Gasteiger partial charge >= 0.3 is 5.97 Å². The number of amidine groups is 1. The van der Waals surface area contributed by atoms with Crippen molar-refractivity contribution in [2.45, 2.75) is 64.4 Å². The topological polar surface area (TPSA) is 77.7 Å². The first kappa shape index (κ1) is 22.3. The van der Waals surface area contributed by atoms with Crippen molar-refractivity contribution in [1.82, 2.24) is 9.55 Å². The summed E-state index contributed by atoms with van der Waals surface area (Å²) in [6.45, 7) is 4.19. The number of anilines is 1. The van der Waals surface area contributed by atoms with Crippen LogP contribution in [0.1, 0.15) is 62.0 Å². The molecular formula is C24H31FN4O3. The van der Waals surface area contributed by atoms with Crippen LogP contribution in [0.5, 0.6) is 0 Å². The SMILES string of the molecule is CCCCCc1cc(F)c2c(c1NC1=NCC(C(=O)OCC)(c3nccn3C)O1)CCC2. The third kappa shape index (κ3) is 3.98. The minimum absolute atomic E-state index is 0.0631. The third-order valence-electron chi connectivity index (χ3n) is 6.22. The number of aromatic nitrogens is 2. The van der Waals surface area contributed by atoms with E-state index >= 15 is 0 Å². The van der Waals surface area contributed by atoms with Crippen LogP contribution in [0.15, 0.2) is 23.5 Å².